The van der Waals surface area contributed by atoms with Crippen molar-refractivity contribution in [1.29, 1.82) is 0 Å². The SMILES string of the molecule is CC=CC(=O)C1C(C)C=CC(C)C1CC. The molecular formula is C14H22O. The van der Waals surface area contributed by atoms with E-state index >= 15 is 0 Å². The molecule has 0 heterocycles. The maximum atomic E-state index is 12.0. The standard InChI is InChI=1S/C14H22O/c1-5-7-13(15)14-11(4)9-8-10(3)12(14)6-2/h5,7-12,14H,6H2,1-4H3. The third-order valence-corrected chi connectivity index (χ3v) is 3.55. The van der Waals surface area contributed by atoms with Crippen molar-refractivity contribution in [2.24, 2.45) is 23.7 Å². The zero-order valence-electron chi connectivity index (χ0n) is 10.2. The second-order valence-electron chi connectivity index (χ2n) is 4.60. The van der Waals surface area contributed by atoms with Crippen molar-refractivity contribution in [2.75, 3.05) is 0 Å². The van der Waals surface area contributed by atoms with Crippen molar-refractivity contribution in [3.63, 3.8) is 0 Å². The molecule has 1 heteroatoms. The van der Waals surface area contributed by atoms with E-state index in [0.29, 0.717) is 23.5 Å². The minimum atomic E-state index is 0.186. The maximum absolute atomic E-state index is 12.0. The summed E-state index contributed by atoms with van der Waals surface area (Å²) < 4.78 is 0. The second kappa shape index (κ2) is 5.29. The van der Waals surface area contributed by atoms with Crippen LogP contribution in [0.25, 0.3) is 0 Å². The first-order chi connectivity index (χ1) is 7.11. The molecule has 4 atom stereocenters. The van der Waals surface area contributed by atoms with Crippen LogP contribution in [0.3, 0.4) is 0 Å². The predicted molar refractivity (Wildman–Crippen MR) is 64.6 cm³/mol. The molecule has 1 aliphatic carbocycles. The van der Waals surface area contributed by atoms with E-state index in [9.17, 15) is 4.79 Å². The first-order valence-electron chi connectivity index (χ1n) is 5.96. The van der Waals surface area contributed by atoms with Crippen LogP contribution < -0.4 is 0 Å². The lowest BCUT2D eigenvalue weighted by Crippen LogP contribution is -2.34. The van der Waals surface area contributed by atoms with Gasteiger partial charge in [-0.15, -0.1) is 0 Å². The normalized spacial score (nSPS) is 36.0. The fourth-order valence-corrected chi connectivity index (χ4v) is 2.70. The number of hydrogen-bond donors (Lipinski definition) is 0. The molecule has 84 valence electrons. The van der Waals surface area contributed by atoms with Gasteiger partial charge < -0.3 is 0 Å². The van der Waals surface area contributed by atoms with Gasteiger partial charge in [0, 0.05) is 5.92 Å². The lowest BCUT2D eigenvalue weighted by atomic mass is 9.68. The van der Waals surface area contributed by atoms with Crippen molar-refractivity contribution in [1.82, 2.24) is 0 Å². The molecule has 0 aromatic rings. The van der Waals surface area contributed by atoms with Gasteiger partial charge in [-0.25, -0.2) is 0 Å². The predicted octanol–water partition coefficient (Wildman–Crippen LogP) is 3.62. The number of allylic oxidation sites excluding steroid dienone is 4. The molecule has 0 spiro atoms. The Labute approximate surface area is 93.3 Å². The molecule has 0 aliphatic heterocycles. The lowest BCUT2D eigenvalue weighted by Gasteiger charge is -2.35. The van der Waals surface area contributed by atoms with Crippen LogP contribution in [0.1, 0.15) is 34.1 Å². The molecule has 0 bridgehead atoms. The highest BCUT2D eigenvalue weighted by Gasteiger charge is 2.34. The molecule has 15 heavy (non-hydrogen) atoms. The number of rotatable bonds is 3. The highest BCUT2D eigenvalue weighted by Crippen LogP contribution is 2.36. The molecular weight excluding hydrogens is 184 g/mol. The van der Waals surface area contributed by atoms with Crippen LogP contribution in [0.5, 0.6) is 0 Å². The average Bonchev–Trinajstić information content (AvgIpc) is 2.21. The van der Waals surface area contributed by atoms with Crippen molar-refractivity contribution in [3.05, 3.63) is 24.3 Å². The molecule has 0 saturated carbocycles. The highest BCUT2D eigenvalue weighted by atomic mass is 16.1. The first-order valence-corrected chi connectivity index (χ1v) is 5.96. The molecule has 0 amide bonds. The smallest absolute Gasteiger partial charge is 0.159 e. The number of hydrogen-bond acceptors (Lipinski definition) is 1. The topological polar surface area (TPSA) is 17.1 Å². The molecule has 4 unspecified atom stereocenters. The fraction of sp³-hybridized carbons (Fsp3) is 0.643. The summed E-state index contributed by atoms with van der Waals surface area (Å²) in [5.41, 5.74) is 0. The lowest BCUT2D eigenvalue weighted by molar-refractivity contribution is -0.121. The molecule has 0 radical (unpaired) electrons. The zero-order chi connectivity index (χ0) is 11.4. The van der Waals surface area contributed by atoms with Gasteiger partial charge in [0.15, 0.2) is 5.78 Å². The molecule has 0 saturated heterocycles. The Bertz CT molecular complexity index is 275. The Balaban J connectivity index is 2.91. The van der Waals surface area contributed by atoms with E-state index in [1.54, 1.807) is 6.08 Å². The molecule has 1 nitrogen and oxygen atoms in total. The molecule has 1 aliphatic rings. The van der Waals surface area contributed by atoms with Gasteiger partial charge >= 0.3 is 0 Å². The fourth-order valence-electron chi connectivity index (χ4n) is 2.70. The van der Waals surface area contributed by atoms with Gasteiger partial charge in [0.25, 0.3) is 0 Å². The number of carbonyl (C=O) groups is 1. The third-order valence-electron chi connectivity index (χ3n) is 3.55. The summed E-state index contributed by atoms with van der Waals surface area (Å²) >= 11 is 0. The Morgan fingerprint density at radius 1 is 1.27 bits per heavy atom. The van der Waals surface area contributed by atoms with Gasteiger partial charge in [-0.1, -0.05) is 45.4 Å². The monoisotopic (exact) mass is 206 g/mol. The molecule has 0 aromatic heterocycles. The van der Waals surface area contributed by atoms with Gasteiger partial charge in [0.05, 0.1) is 0 Å². The first kappa shape index (κ1) is 12.2. The van der Waals surface area contributed by atoms with Crippen LogP contribution in [0.15, 0.2) is 24.3 Å². The summed E-state index contributed by atoms with van der Waals surface area (Å²) in [5, 5.41) is 0. The summed E-state index contributed by atoms with van der Waals surface area (Å²) in [7, 11) is 0. The highest BCUT2D eigenvalue weighted by molar-refractivity contribution is 5.92. The van der Waals surface area contributed by atoms with Gasteiger partial charge in [-0.2, -0.15) is 0 Å². The minimum Gasteiger partial charge on any atom is -0.295 e. The van der Waals surface area contributed by atoms with Crippen LogP contribution in [-0.2, 0) is 4.79 Å². The number of carbonyl (C=O) groups excluding carboxylic acids is 1. The van der Waals surface area contributed by atoms with Crippen molar-refractivity contribution in [3.8, 4) is 0 Å². The third kappa shape index (κ3) is 2.58. The summed E-state index contributed by atoms with van der Waals surface area (Å²) in [6, 6.07) is 0. The number of ketones is 1. The Hall–Kier alpha value is -0.850. The van der Waals surface area contributed by atoms with E-state index < -0.39 is 0 Å². The quantitative estimate of drug-likeness (QED) is 0.509. The van der Waals surface area contributed by atoms with Gasteiger partial charge in [0.2, 0.25) is 0 Å². The van der Waals surface area contributed by atoms with E-state index in [1.165, 1.54) is 0 Å². The summed E-state index contributed by atoms with van der Waals surface area (Å²) in [6.45, 7) is 8.46. The summed E-state index contributed by atoms with van der Waals surface area (Å²) in [4.78, 5) is 12.0. The van der Waals surface area contributed by atoms with E-state index in [4.69, 9.17) is 0 Å². The van der Waals surface area contributed by atoms with Crippen molar-refractivity contribution in [2.45, 2.75) is 34.1 Å². The Kier molecular flexibility index (Phi) is 4.31. The van der Waals surface area contributed by atoms with Gasteiger partial charge in [0.1, 0.15) is 0 Å². The maximum Gasteiger partial charge on any atom is 0.159 e. The van der Waals surface area contributed by atoms with Crippen LogP contribution in [0, 0.1) is 23.7 Å². The minimum absolute atomic E-state index is 0.186. The van der Waals surface area contributed by atoms with E-state index in [0.717, 1.165) is 6.42 Å². The average molecular weight is 206 g/mol. The van der Waals surface area contributed by atoms with Crippen molar-refractivity contribution >= 4 is 5.78 Å². The van der Waals surface area contributed by atoms with Gasteiger partial charge in [-0.05, 0) is 30.8 Å². The van der Waals surface area contributed by atoms with Crippen LogP contribution in [0.2, 0.25) is 0 Å². The summed E-state index contributed by atoms with van der Waals surface area (Å²) in [6.07, 6.45) is 9.13. The molecule has 1 rings (SSSR count). The van der Waals surface area contributed by atoms with Crippen LogP contribution >= 0.6 is 0 Å². The Morgan fingerprint density at radius 2 is 1.87 bits per heavy atom. The zero-order valence-corrected chi connectivity index (χ0v) is 10.2. The summed E-state index contributed by atoms with van der Waals surface area (Å²) in [5.74, 6) is 1.91. The van der Waals surface area contributed by atoms with E-state index in [1.807, 2.05) is 13.0 Å². The van der Waals surface area contributed by atoms with Crippen molar-refractivity contribution < 1.29 is 4.79 Å². The van der Waals surface area contributed by atoms with E-state index in [2.05, 4.69) is 32.9 Å². The second-order valence-corrected chi connectivity index (χ2v) is 4.60. The molecule has 0 aromatic carbocycles. The molecule has 0 fully saturated rings. The Morgan fingerprint density at radius 3 is 2.40 bits per heavy atom. The van der Waals surface area contributed by atoms with Gasteiger partial charge in [-0.3, -0.25) is 4.79 Å². The molecule has 0 N–H and O–H groups in total. The largest absolute Gasteiger partial charge is 0.295 e. The van der Waals surface area contributed by atoms with Crippen LogP contribution in [0.4, 0.5) is 0 Å². The van der Waals surface area contributed by atoms with E-state index in [-0.39, 0.29) is 5.92 Å². The van der Waals surface area contributed by atoms with Crippen LogP contribution in [-0.4, -0.2) is 5.78 Å².